The highest BCUT2D eigenvalue weighted by Crippen LogP contribution is 2.29. The number of nitrogens with zero attached hydrogens (tertiary/aromatic N) is 2. The van der Waals surface area contributed by atoms with Crippen LogP contribution in [-0.4, -0.2) is 28.6 Å². The van der Waals surface area contributed by atoms with E-state index in [-0.39, 0.29) is 11.9 Å². The quantitative estimate of drug-likeness (QED) is 0.608. The first-order valence-electron chi connectivity index (χ1n) is 8.29. The number of amides is 1. The molecule has 0 fully saturated rings. The summed E-state index contributed by atoms with van der Waals surface area (Å²) in [4.78, 5) is 19.0. The minimum Gasteiger partial charge on any atom is -0.336 e. The van der Waals surface area contributed by atoms with Gasteiger partial charge in [0.25, 0.3) is 0 Å². The van der Waals surface area contributed by atoms with E-state index in [0.717, 1.165) is 16.3 Å². The SMILES string of the molecule is Cc1ccc(CSCC(=O)N(C)[C@@H](C)c2nc3ccccc3s2)cc1. The predicted molar refractivity (Wildman–Crippen MR) is 108 cm³/mol. The molecule has 25 heavy (non-hydrogen) atoms. The normalized spacial score (nSPS) is 12.3. The van der Waals surface area contributed by atoms with E-state index in [1.165, 1.54) is 15.8 Å². The maximum atomic E-state index is 12.5. The van der Waals surface area contributed by atoms with Crippen LogP contribution in [0.15, 0.2) is 48.5 Å². The maximum Gasteiger partial charge on any atom is 0.232 e. The number of rotatable bonds is 6. The highest BCUT2D eigenvalue weighted by molar-refractivity contribution is 7.99. The topological polar surface area (TPSA) is 33.2 Å². The third-order valence-corrected chi connectivity index (χ3v) is 6.45. The van der Waals surface area contributed by atoms with Gasteiger partial charge in [0.1, 0.15) is 5.01 Å². The molecule has 0 aliphatic carbocycles. The van der Waals surface area contributed by atoms with Crippen molar-refractivity contribution in [1.29, 1.82) is 0 Å². The molecule has 2 aromatic carbocycles. The molecule has 1 atom stereocenters. The Morgan fingerprint density at radius 2 is 1.92 bits per heavy atom. The fourth-order valence-corrected chi connectivity index (χ4v) is 4.46. The number of aromatic nitrogens is 1. The van der Waals surface area contributed by atoms with E-state index in [0.29, 0.717) is 5.75 Å². The summed E-state index contributed by atoms with van der Waals surface area (Å²) in [5, 5.41) is 0.987. The molecule has 0 unspecified atom stereocenters. The summed E-state index contributed by atoms with van der Waals surface area (Å²) in [6.45, 7) is 4.12. The number of thiazole rings is 1. The van der Waals surface area contributed by atoms with Crippen molar-refractivity contribution >= 4 is 39.2 Å². The molecule has 3 aromatic rings. The second-order valence-electron chi connectivity index (χ2n) is 6.18. The molecule has 3 rings (SSSR count). The van der Waals surface area contributed by atoms with Gasteiger partial charge in [0, 0.05) is 12.8 Å². The van der Waals surface area contributed by atoms with Gasteiger partial charge in [-0.1, -0.05) is 42.0 Å². The smallest absolute Gasteiger partial charge is 0.232 e. The van der Waals surface area contributed by atoms with Crippen molar-refractivity contribution in [3.63, 3.8) is 0 Å². The highest BCUT2D eigenvalue weighted by Gasteiger charge is 2.20. The summed E-state index contributed by atoms with van der Waals surface area (Å²) in [6, 6.07) is 16.6. The first-order chi connectivity index (χ1) is 12.0. The number of aryl methyl sites for hydroxylation is 1. The lowest BCUT2D eigenvalue weighted by Crippen LogP contribution is -2.31. The van der Waals surface area contributed by atoms with Crippen molar-refractivity contribution in [2.24, 2.45) is 0 Å². The van der Waals surface area contributed by atoms with E-state index < -0.39 is 0 Å². The number of carbonyl (C=O) groups excluding carboxylic acids is 1. The fourth-order valence-electron chi connectivity index (χ4n) is 2.49. The summed E-state index contributed by atoms with van der Waals surface area (Å²) in [7, 11) is 1.87. The third kappa shape index (κ3) is 4.41. The van der Waals surface area contributed by atoms with Gasteiger partial charge in [-0.3, -0.25) is 4.79 Å². The molecule has 0 saturated heterocycles. The number of fused-ring (bicyclic) bond motifs is 1. The van der Waals surface area contributed by atoms with Crippen LogP contribution in [0.1, 0.15) is 29.1 Å². The maximum absolute atomic E-state index is 12.5. The van der Waals surface area contributed by atoms with Gasteiger partial charge < -0.3 is 4.90 Å². The van der Waals surface area contributed by atoms with Crippen LogP contribution in [0.4, 0.5) is 0 Å². The summed E-state index contributed by atoms with van der Waals surface area (Å²) >= 11 is 3.32. The van der Waals surface area contributed by atoms with Crippen LogP contribution in [0.25, 0.3) is 10.2 Å². The van der Waals surface area contributed by atoms with Gasteiger partial charge in [-0.05, 0) is 31.5 Å². The molecule has 0 radical (unpaired) electrons. The molecule has 0 aliphatic heterocycles. The Labute approximate surface area is 157 Å². The van der Waals surface area contributed by atoms with Crippen LogP contribution in [0.3, 0.4) is 0 Å². The van der Waals surface area contributed by atoms with Crippen molar-refractivity contribution in [1.82, 2.24) is 9.88 Å². The van der Waals surface area contributed by atoms with Crippen LogP contribution in [-0.2, 0) is 10.5 Å². The third-order valence-electron chi connectivity index (χ3n) is 4.26. The number of hydrogen-bond donors (Lipinski definition) is 0. The lowest BCUT2D eigenvalue weighted by atomic mass is 10.2. The zero-order chi connectivity index (χ0) is 17.8. The number of para-hydroxylation sites is 1. The van der Waals surface area contributed by atoms with Gasteiger partial charge in [0.05, 0.1) is 22.0 Å². The first kappa shape index (κ1) is 18.0. The van der Waals surface area contributed by atoms with Gasteiger partial charge in [0.15, 0.2) is 0 Å². The number of hydrogen-bond acceptors (Lipinski definition) is 4. The van der Waals surface area contributed by atoms with Gasteiger partial charge >= 0.3 is 0 Å². The van der Waals surface area contributed by atoms with Crippen LogP contribution in [0.5, 0.6) is 0 Å². The molecule has 0 bridgehead atoms. The molecule has 130 valence electrons. The molecule has 0 saturated carbocycles. The molecule has 1 aromatic heterocycles. The van der Waals surface area contributed by atoms with Gasteiger partial charge in [-0.2, -0.15) is 0 Å². The molecule has 0 N–H and O–H groups in total. The molecule has 0 spiro atoms. The molecular formula is C20H22N2OS2. The van der Waals surface area contributed by atoms with Crippen LogP contribution in [0, 0.1) is 6.92 Å². The zero-order valence-electron chi connectivity index (χ0n) is 14.7. The summed E-state index contributed by atoms with van der Waals surface area (Å²) in [6.07, 6.45) is 0. The van der Waals surface area contributed by atoms with Gasteiger partial charge in [0.2, 0.25) is 5.91 Å². The number of carbonyl (C=O) groups is 1. The Hall–Kier alpha value is -1.85. The first-order valence-corrected chi connectivity index (χ1v) is 10.3. The molecule has 1 amide bonds. The second-order valence-corrected chi connectivity index (χ2v) is 8.23. The lowest BCUT2D eigenvalue weighted by molar-refractivity contribution is -0.128. The Balaban J connectivity index is 1.56. The molecule has 3 nitrogen and oxygen atoms in total. The van der Waals surface area contributed by atoms with E-state index in [4.69, 9.17) is 0 Å². The average Bonchev–Trinajstić information content (AvgIpc) is 3.06. The fraction of sp³-hybridized carbons (Fsp3) is 0.300. The average molecular weight is 371 g/mol. The van der Waals surface area contributed by atoms with Crippen molar-refractivity contribution in [2.45, 2.75) is 25.6 Å². The van der Waals surface area contributed by atoms with Crippen LogP contribution in [0.2, 0.25) is 0 Å². The Morgan fingerprint density at radius 1 is 1.20 bits per heavy atom. The number of thioether (sulfide) groups is 1. The van der Waals surface area contributed by atoms with Crippen LogP contribution >= 0.6 is 23.1 Å². The minimum atomic E-state index is -0.00938. The Morgan fingerprint density at radius 3 is 2.64 bits per heavy atom. The lowest BCUT2D eigenvalue weighted by Gasteiger charge is -2.23. The molecule has 1 heterocycles. The zero-order valence-corrected chi connectivity index (χ0v) is 16.4. The van der Waals surface area contributed by atoms with E-state index in [1.807, 2.05) is 32.2 Å². The number of benzene rings is 2. The molecular weight excluding hydrogens is 348 g/mol. The van der Waals surface area contributed by atoms with Gasteiger partial charge in [-0.15, -0.1) is 23.1 Å². The van der Waals surface area contributed by atoms with Gasteiger partial charge in [-0.25, -0.2) is 4.98 Å². The van der Waals surface area contributed by atoms with Crippen molar-refractivity contribution in [3.8, 4) is 0 Å². The van der Waals surface area contributed by atoms with E-state index in [9.17, 15) is 4.79 Å². The summed E-state index contributed by atoms with van der Waals surface area (Å²) in [5.41, 5.74) is 3.52. The summed E-state index contributed by atoms with van der Waals surface area (Å²) in [5.74, 6) is 1.48. The Kier molecular flexibility index (Phi) is 5.76. The molecule has 5 heteroatoms. The summed E-state index contributed by atoms with van der Waals surface area (Å²) < 4.78 is 1.17. The van der Waals surface area contributed by atoms with Crippen molar-refractivity contribution in [3.05, 3.63) is 64.7 Å². The van der Waals surface area contributed by atoms with Crippen LogP contribution < -0.4 is 0 Å². The van der Waals surface area contributed by atoms with Crippen molar-refractivity contribution in [2.75, 3.05) is 12.8 Å². The highest BCUT2D eigenvalue weighted by atomic mass is 32.2. The minimum absolute atomic E-state index is 0.00938. The standard InChI is InChI=1S/C20H22N2OS2/c1-14-8-10-16(11-9-14)12-24-13-19(23)22(3)15(2)20-21-17-6-4-5-7-18(17)25-20/h4-11,15H,12-13H2,1-3H3/t15-/m0/s1. The van der Waals surface area contributed by atoms with E-state index in [2.05, 4.69) is 42.2 Å². The predicted octanol–water partition coefficient (Wildman–Crippen LogP) is 5.06. The molecule has 0 aliphatic rings. The largest absolute Gasteiger partial charge is 0.336 e. The second kappa shape index (κ2) is 8.02. The monoisotopic (exact) mass is 370 g/mol. The van der Waals surface area contributed by atoms with E-state index in [1.54, 1.807) is 28.0 Å². The van der Waals surface area contributed by atoms with Crippen molar-refractivity contribution < 1.29 is 4.79 Å². The Bertz CT molecular complexity index is 825. The van der Waals surface area contributed by atoms with E-state index >= 15 is 0 Å².